The van der Waals surface area contributed by atoms with Gasteiger partial charge in [0.05, 0.1) is 15.5 Å². The maximum atomic E-state index is 14.6. The molecule has 1 amide bonds. The molecule has 0 spiro atoms. The summed E-state index contributed by atoms with van der Waals surface area (Å²) in [7, 11) is -3.76. The lowest BCUT2D eigenvalue weighted by Crippen LogP contribution is -2.57. The van der Waals surface area contributed by atoms with Crippen LogP contribution >= 0.6 is 0 Å². The highest BCUT2D eigenvalue weighted by molar-refractivity contribution is 7.95. The second-order valence-corrected chi connectivity index (χ2v) is 10.0. The molecule has 2 atom stereocenters. The van der Waals surface area contributed by atoms with Gasteiger partial charge in [-0.15, -0.1) is 6.42 Å². The second kappa shape index (κ2) is 7.33. The molecule has 1 unspecified atom stereocenters. The van der Waals surface area contributed by atoms with Gasteiger partial charge < -0.3 is 5.11 Å². The van der Waals surface area contributed by atoms with E-state index in [4.69, 9.17) is 11.5 Å². The lowest BCUT2D eigenvalue weighted by molar-refractivity contribution is -0.117. The minimum absolute atomic E-state index is 0.122. The summed E-state index contributed by atoms with van der Waals surface area (Å²) in [5, 5.41) is 11.1. The van der Waals surface area contributed by atoms with Crippen LogP contribution in [0.2, 0.25) is 0 Å². The van der Waals surface area contributed by atoms with Gasteiger partial charge in [0, 0.05) is 11.1 Å². The van der Waals surface area contributed by atoms with Crippen molar-refractivity contribution in [1.29, 1.82) is 0 Å². The molecule has 0 bridgehead atoms. The molecule has 11 heteroatoms. The second-order valence-electron chi connectivity index (χ2n) is 7.20. The van der Waals surface area contributed by atoms with Crippen molar-refractivity contribution in [2.75, 3.05) is 12.3 Å². The molecule has 0 radical (unpaired) electrons. The fraction of sp³-hybridized carbons (Fsp3) is 0.444. The van der Waals surface area contributed by atoms with E-state index in [-0.39, 0.29) is 17.0 Å². The highest BCUT2D eigenvalue weighted by Crippen LogP contribution is 2.40. The molecule has 1 aliphatic rings. The molecule has 1 aromatic rings. The van der Waals surface area contributed by atoms with Gasteiger partial charge in [-0.2, -0.15) is 13.2 Å². The average Bonchev–Trinajstić information content (AvgIpc) is 2.57. The number of aliphatic imine (C=N–C) groups is 1. The van der Waals surface area contributed by atoms with Crippen molar-refractivity contribution in [1.82, 2.24) is 5.32 Å². The zero-order chi connectivity index (χ0) is 22.3. The van der Waals surface area contributed by atoms with E-state index in [9.17, 15) is 26.6 Å². The lowest BCUT2D eigenvalue weighted by Gasteiger charge is -2.41. The van der Waals surface area contributed by atoms with Gasteiger partial charge in [0.2, 0.25) is 0 Å². The van der Waals surface area contributed by atoms with Gasteiger partial charge in [0.15, 0.2) is 0 Å². The Labute approximate surface area is 165 Å². The van der Waals surface area contributed by atoms with Crippen LogP contribution in [0.4, 0.5) is 22.4 Å². The molecular weight excluding hydrogens is 414 g/mol. The molecule has 29 heavy (non-hydrogen) atoms. The Morgan fingerprint density at radius 3 is 2.55 bits per heavy atom. The average molecular weight is 433 g/mol. The molecule has 6 nitrogen and oxygen atoms in total. The van der Waals surface area contributed by atoms with Crippen LogP contribution in [-0.4, -0.2) is 44.5 Å². The van der Waals surface area contributed by atoms with Crippen molar-refractivity contribution in [3.05, 3.63) is 35.1 Å². The lowest BCUT2D eigenvalue weighted by atomic mass is 9.92. The monoisotopic (exact) mass is 433 g/mol. The Balaban J connectivity index is 2.79. The molecular formula is C18H19F4N3O3S. The number of benzene rings is 1. The van der Waals surface area contributed by atoms with Crippen LogP contribution < -0.4 is 5.32 Å². The standard InChI is InChI=1S/C18H19F4N3O3S/c1-5-11-6-7-13(19)12(8-11)17(4)10-29(28,23-9-18(20,21)22)16(2,3)14(25-17)24-15(26)27/h1,6-8H,9-10H2,2-4H3,(H,24,25)(H,26,27)/t17-,29?/m0/s1. The van der Waals surface area contributed by atoms with Crippen LogP contribution in [0.15, 0.2) is 27.6 Å². The summed E-state index contributed by atoms with van der Waals surface area (Å²) in [6.45, 7) is 2.20. The van der Waals surface area contributed by atoms with E-state index in [1.165, 1.54) is 32.9 Å². The van der Waals surface area contributed by atoms with Crippen molar-refractivity contribution in [2.24, 2.45) is 9.36 Å². The van der Waals surface area contributed by atoms with E-state index in [0.29, 0.717) is 0 Å². The fourth-order valence-electron chi connectivity index (χ4n) is 2.96. The minimum atomic E-state index is -4.72. The third kappa shape index (κ3) is 4.53. The maximum absolute atomic E-state index is 14.6. The molecule has 0 saturated carbocycles. The van der Waals surface area contributed by atoms with Crippen LogP contribution in [0, 0.1) is 18.2 Å². The van der Waals surface area contributed by atoms with Crippen LogP contribution in [0.25, 0.3) is 0 Å². The number of amides is 1. The fourth-order valence-corrected chi connectivity index (χ4v) is 5.47. The summed E-state index contributed by atoms with van der Waals surface area (Å²) in [6.07, 6.45) is -0.952. The minimum Gasteiger partial charge on any atom is -0.465 e. The summed E-state index contributed by atoms with van der Waals surface area (Å²) < 4.78 is 68.3. The molecule has 0 aromatic heterocycles. The number of alkyl halides is 3. The van der Waals surface area contributed by atoms with Crippen molar-refractivity contribution in [2.45, 2.75) is 37.2 Å². The number of halogens is 4. The predicted octanol–water partition coefficient (Wildman–Crippen LogP) is 3.51. The number of terminal acetylenes is 1. The Bertz CT molecular complexity index is 1030. The van der Waals surface area contributed by atoms with Crippen molar-refractivity contribution in [3.63, 3.8) is 0 Å². The van der Waals surface area contributed by atoms with Crippen LogP contribution in [0.5, 0.6) is 0 Å². The third-order valence-corrected chi connectivity index (χ3v) is 7.88. The molecule has 0 saturated heterocycles. The number of hydrogen-bond donors (Lipinski definition) is 2. The smallest absolute Gasteiger partial charge is 0.410 e. The largest absolute Gasteiger partial charge is 0.465 e. The Morgan fingerprint density at radius 1 is 1.41 bits per heavy atom. The molecule has 1 heterocycles. The van der Waals surface area contributed by atoms with Gasteiger partial charge >= 0.3 is 12.3 Å². The van der Waals surface area contributed by atoms with Gasteiger partial charge in [-0.1, -0.05) is 5.92 Å². The number of nitrogens with zero attached hydrogens (tertiary/aromatic N) is 2. The Hall–Kier alpha value is -2.61. The summed E-state index contributed by atoms with van der Waals surface area (Å²) in [4.78, 5) is 15.5. The van der Waals surface area contributed by atoms with Gasteiger partial charge in [-0.3, -0.25) is 10.3 Å². The van der Waals surface area contributed by atoms with Crippen molar-refractivity contribution >= 4 is 21.7 Å². The molecule has 1 aromatic carbocycles. The molecule has 0 aliphatic carbocycles. The first-order valence-corrected chi connectivity index (χ1v) is 9.96. The molecule has 2 rings (SSSR count). The summed E-state index contributed by atoms with van der Waals surface area (Å²) >= 11 is 0. The van der Waals surface area contributed by atoms with Crippen LogP contribution in [-0.2, 0) is 15.3 Å². The first-order valence-electron chi connectivity index (χ1n) is 8.27. The van der Waals surface area contributed by atoms with E-state index in [1.807, 2.05) is 5.32 Å². The number of hydrogen-bond acceptors (Lipinski definition) is 4. The molecule has 2 N–H and O–H groups in total. The number of rotatable bonds is 2. The Morgan fingerprint density at radius 2 is 2.03 bits per heavy atom. The first kappa shape index (κ1) is 22.7. The van der Waals surface area contributed by atoms with E-state index < -0.39 is 50.4 Å². The number of amidine groups is 1. The number of nitrogens with one attached hydrogen (secondary N) is 1. The van der Waals surface area contributed by atoms with Crippen LogP contribution in [0.3, 0.4) is 0 Å². The first-order chi connectivity index (χ1) is 13.1. The quantitative estimate of drug-likeness (QED) is 0.552. The maximum Gasteiger partial charge on any atom is 0.410 e. The number of carbonyl (C=O) groups is 1. The molecule has 158 valence electrons. The zero-order valence-corrected chi connectivity index (χ0v) is 16.6. The highest BCUT2D eigenvalue weighted by Gasteiger charge is 2.50. The van der Waals surface area contributed by atoms with E-state index >= 15 is 0 Å². The SMILES string of the molecule is C#Cc1ccc(F)c([C@]2(C)CS(=O)(=NCC(F)(F)F)C(C)(C)C(NC(=O)O)=N2)c1. The molecule has 0 fully saturated rings. The van der Waals surface area contributed by atoms with Gasteiger partial charge in [-0.25, -0.2) is 17.8 Å². The van der Waals surface area contributed by atoms with E-state index in [2.05, 4.69) is 15.3 Å². The van der Waals surface area contributed by atoms with Crippen molar-refractivity contribution in [3.8, 4) is 12.3 Å². The normalized spacial score (nSPS) is 26.2. The van der Waals surface area contributed by atoms with Crippen molar-refractivity contribution < 1.29 is 31.7 Å². The highest BCUT2D eigenvalue weighted by atomic mass is 32.2. The summed E-state index contributed by atoms with van der Waals surface area (Å²) in [5.74, 6) is 0.601. The topological polar surface area (TPSA) is 91.1 Å². The zero-order valence-electron chi connectivity index (χ0n) is 15.8. The predicted molar refractivity (Wildman–Crippen MR) is 101 cm³/mol. The number of carboxylic acid groups (broad SMARTS) is 1. The summed E-state index contributed by atoms with van der Waals surface area (Å²) in [5.41, 5.74) is -1.52. The third-order valence-electron chi connectivity index (χ3n) is 4.59. The van der Waals surface area contributed by atoms with E-state index in [1.54, 1.807) is 0 Å². The molecule has 1 aliphatic heterocycles. The summed E-state index contributed by atoms with van der Waals surface area (Å²) in [6, 6.07) is 3.64. The van der Waals surface area contributed by atoms with Crippen LogP contribution in [0.1, 0.15) is 31.9 Å². The van der Waals surface area contributed by atoms with E-state index in [0.717, 1.165) is 6.07 Å². The van der Waals surface area contributed by atoms with Gasteiger partial charge in [0.1, 0.15) is 28.5 Å². The van der Waals surface area contributed by atoms with Gasteiger partial charge in [-0.05, 0) is 39.0 Å². The Kier molecular flexibility index (Phi) is 5.73. The van der Waals surface area contributed by atoms with Gasteiger partial charge in [0.25, 0.3) is 0 Å².